The van der Waals surface area contributed by atoms with Gasteiger partial charge in [0.2, 0.25) is 5.91 Å². The molecule has 13 nitrogen and oxygen atoms in total. The summed E-state index contributed by atoms with van der Waals surface area (Å²) in [5, 5.41) is 5.71. The van der Waals surface area contributed by atoms with Gasteiger partial charge in [0.15, 0.2) is 0 Å². The van der Waals surface area contributed by atoms with Crippen LogP contribution in [0.25, 0.3) is 0 Å². The Morgan fingerprint density at radius 2 is 1.83 bits per heavy atom. The van der Waals surface area contributed by atoms with Gasteiger partial charge in [0.1, 0.15) is 12.3 Å². The molecule has 0 heterocycles. The third-order valence-corrected chi connectivity index (χ3v) is 8.32. The lowest BCUT2D eigenvalue weighted by molar-refractivity contribution is -0.174. The Morgan fingerprint density at radius 3 is 2.48 bits per heavy atom. The number of rotatable bonds is 16. The number of ether oxygens (including phenoxy) is 2. The highest BCUT2D eigenvalue weighted by atomic mass is 35.5. The summed E-state index contributed by atoms with van der Waals surface area (Å²) in [6.45, 7) is 2.26. The van der Waals surface area contributed by atoms with Crippen LogP contribution in [-0.2, 0) is 35.3 Å². The van der Waals surface area contributed by atoms with Gasteiger partial charge in [-0.05, 0) is 43.4 Å². The minimum atomic E-state index is -1.04. The summed E-state index contributed by atoms with van der Waals surface area (Å²) < 4.78 is 10.1. The summed E-state index contributed by atoms with van der Waals surface area (Å²) in [4.78, 5) is 74.3. The Balaban J connectivity index is 2.12. The van der Waals surface area contributed by atoms with Crippen molar-refractivity contribution in [3.8, 4) is 0 Å². The van der Waals surface area contributed by atoms with Crippen LogP contribution in [0.3, 0.4) is 0 Å². The van der Waals surface area contributed by atoms with Crippen molar-refractivity contribution in [1.82, 2.24) is 20.6 Å². The Morgan fingerprint density at radius 1 is 1.11 bits per heavy atom. The highest BCUT2D eigenvalue weighted by Gasteiger charge is 2.32. The molecule has 1 aromatic rings. The SMILES string of the molecule is CCOC(=O)NCCN(C)C(=O)CC[C@@H](C(=O)N(C)OC)C(S)NC(=O)/C(CC1CCCCC1)=N/C(=O)OCc1cccc(Cl)c1. The molecule has 2 rings (SSSR count). The number of halogens is 1. The molecule has 1 aromatic carbocycles. The molecule has 15 heteroatoms. The first-order chi connectivity index (χ1) is 21.9. The first kappa shape index (κ1) is 38.8. The fourth-order valence-electron chi connectivity index (χ4n) is 4.93. The monoisotopic (exact) mass is 683 g/mol. The van der Waals surface area contributed by atoms with E-state index in [1.165, 1.54) is 19.1 Å². The number of nitrogens with one attached hydrogen (secondary N) is 2. The molecule has 2 N–H and O–H groups in total. The van der Waals surface area contributed by atoms with Gasteiger partial charge in [0, 0.05) is 38.6 Å². The van der Waals surface area contributed by atoms with Gasteiger partial charge < -0.3 is 25.0 Å². The molecule has 0 bridgehead atoms. The van der Waals surface area contributed by atoms with Crippen molar-refractivity contribution in [3.05, 3.63) is 34.9 Å². The highest BCUT2D eigenvalue weighted by molar-refractivity contribution is 7.81. The van der Waals surface area contributed by atoms with Crippen LogP contribution in [0.4, 0.5) is 9.59 Å². The van der Waals surface area contributed by atoms with Gasteiger partial charge in [0.25, 0.3) is 11.8 Å². The van der Waals surface area contributed by atoms with Crippen molar-refractivity contribution in [2.24, 2.45) is 16.8 Å². The van der Waals surface area contributed by atoms with Crippen LogP contribution in [0.15, 0.2) is 29.3 Å². The molecule has 0 radical (unpaired) electrons. The fourth-order valence-corrected chi connectivity index (χ4v) is 5.54. The van der Waals surface area contributed by atoms with Crippen molar-refractivity contribution in [1.29, 1.82) is 0 Å². The maximum atomic E-state index is 13.5. The second-order valence-electron chi connectivity index (χ2n) is 11.0. The van der Waals surface area contributed by atoms with E-state index in [1.807, 2.05) is 0 Å². The molecule has 0 spiro atoms. The lowest BCUT2D eigenvalue weighted by Crippen LogP contribution is -2.47. The number of nitrogens with zero attached hydrogens (tertiary/aromatic N) is 3. The Bertz CT molecular complexity index is 1210. The zero-order chi connectivity index (χ0) is 34.1. The van der Waals surface area contributed by atoms with Crippen molar-refractivity contribution in [3.63, 3.8) is 0 Å². The molecule has 256 valence electrons. The molecule has 0 saturated heterocycles. The summed E-state index contributed by atoms with van der Waals surface area (Å²) in [6.07, 6.45) is 3.71. The van der Waals surface area contributed by atoms with E-state index < -0.39 is 35.3 Å². The van der Waals surface area contributed by atoms with Crippen LogP contribution in [0.1, 0.15) is 63.9 Å². The van der Waals surface area contributed by atoms with Crippen LogP contribution < -0.4 is 10.6 Å². The number of alkyl carbamates (subject to hydrolysis) is 1. The zero-order valence-corrected chi connectivity index (χ0v) is 28.6. The van der Waals surface area contributed by atoms with Crippen LogP contribution >= 0.6 is 24.2 Å². The Labute approximate surface area is 281 Å². The predicted octanol–water partition coefficient (Wildman–Crippen LogP) is 4.38. The van der Waals surface area contributed by atoms with E-state index in [9.17, 15) is 24.0 Å². The average molecular weight is 684 g/mol. The summed E-state index contributed by atoms with van der Waals surface area (Å²) in [5.41, 5.74) is 0.655. The van der Waals surface area contributed by atoms with E-state index in [1.54, 1.807) is 38.2 Å². The van der Waals surface area contributed by atoms with Gasteiger partial charge >= 0.3 is 12.2 Å². The largest absolute Gasteiger partial charge is 0.450 e. The number of hydrogen-bond donors (Lipinski definition) is 3. The molecule has 1 fully saturated rings. The lowest BCUT2D eigenvalue weighted by atomic mass is 9.85. The predicted molar refractivity (Wildman–Crippen MR) is 176 cm³/mol. The molecular weight excluding hydrogens is 638 g/mol. The second kappa shape index (κ2) is 20.7. The first-order valence-corrected chi connectivity index (χ1v) is 16.3. The smallest absolute Gasteiger partial charge is 0.434 e. The number of carbonyl (C=O) groups excluding carboxylic acids is 5. The second-order valence-corrected chi connectivity index (χ2v) is 12.0. The number of aliphatic imine (C=N–C) groups is 1. The third kappa shape index (κ3) is 14.0. The molecule has 1 aliphatic rings. The van der Waals surface area contributed by atoms with Crippen molar-refractivity contribution < 1.29 is 38.3 Å². The number of thiol groups is 1. The number of hydrogen-bond acceptors (Lipinski definition) is 9. The molecule has 2 atom stereocenters. The third-order valence-electron chi connectivity index (χ3n) is 7.59. The van der Waals surface area contributed by atoms with Crippen molar-refractivity contribution >= 4 is 59.8 Å². The van der Waals surface area contributed by atoms with E-state index in [0.717, 1.165) is 37.2 Å². The molecule has 1 saturated carbocycles. The average Bonchev–Trinajstić information content (AvgIpc) is 3.03. The normalized spacial score (nSPS) is 14.9. The van der Waals surface area contributed by atoms with Gasteiger partial charge in [-0.1, -0.05) is 55.8 Å². The maximum Gasteiger partial charge on any atom is 0.434 e. The minimum absolute atomic E-state index is 0.0155. The van der Waals surface area contributed by atoms with E-state index in [-0.39, 0.29) is 63.1 Å². The van der Waals surface area contributed by atoms with Crippen molar-refractivity contribution in [2.45, 2.75) is 70.3 Å². The van der Waals surface area contributed by atoms with Gasteiger partial charge in [-0.3, -0.25) is 19.2 Å². The Kier molecular flexibility index (Phi) is 17.5. The summed E-state index contributed by atoms with van der Waals surface area (Å²) in [7, 11) is 4.31. The standard InChI is InChI=1S/C31H46ClN5O8S/c1-5-44-30(41)33-16-17-36(2)26(38)15-14-24(29(40)37(3)43-4)28(46)35-27(39)25(19-21-10-7-6-8-11-21)34-31(42)45-20-22-12-9-13-23(32)18-22/h9,12-13,18,21,24,28,46H,5-8,10-11,14-17,19-20H2,1-4H3,(H,33,41)(H,35,39)/b34-25+/t24-,28?/m1/s1. The van der Waals surface area contributed by atoms with Crippen LogP contribution in [-0.4, -0.2) is 91.9 Å². The van der Waals surface area contributed by atoms with Crippen molar-refractivity contribution in [2.75, 3.05) is 40.9 Å². The van der Waals surface area contributed by atoms with E-state index in [4.69, 9.17) is 25.9 Å². The first-order valence-electron chi connectivity index (χ1n) is 15.4. The van der Waals surface area contributed by atoms with Gasteiger partial charge in [0.05, 0.1) is 25.0 Å². The van der Waals surface area contributed by atoms with Gasteiger partial charge in [-0.2, -0.15) is 17.6 Å². The van der Waals surface area contributed by atoms with Gasteiger partial charge in [-0.25, -0.2) is 14.7 Å². The number of likely N-dealkylation sites (N-methyl/N-ethyl adjacent to an activating group) is 1. The van der Waals surface area contributed by atoms with E-state index in [0.29, 0.717) is 10.6 Å². The molecule has 0 aromatic heterocycles. The number of benzene rings is 1. The topological polar surface area (TPSA) is 156 Å². The number of carbonyl (C=O) groups is 5. The Hall–Kier alpha value is -3.36. The van der Waals surface area contributed by atoms with E-state index >= 15 is 0 Å². The fraction of sp³-hybridized carbons (Fsp3) is 0.613. The molecule has 0 aliphatic heterocycles. The molecule has 1 unspecified atom stereocenters. The molecule has 1 aliphatic carbocycles. The quantitative estimate of drug-likeness (QED) is 0.100. The minimum Gasteiger partial charge on any atom is -0.450 e. The number of amides is 5. The zero-order valence-electron chi connectivity index (χ0n) is 27.0. The summed E-state index contributed by atoms with van der Waals surface area (Å²) >= 11 is 10.5. The van der Waals surface area contributed by atoms with Gasteiger partial charge in [-0.15, -0.1) is 0 Å². The van der Waals surface area contributed by atoms with Crippen LogP contribution in [0.2, 0.25) is 5.02 Å². The summed E-state index contributed by atoms with van der Waals surface area (Å²) in [5.74, 6) is -2.23. The lowest BCUT2D eigenvalue weighted by Gasteiger charge is -2.28. The van der Waals surface area contributed by atoms with Crippen LogP contribution in [0.5, 0.6) is 0 Å². The number of hydroxylamine groups is 2. The maximum absolute atomic E-state index is 13.5. The molecular formula is C31H46ClN5O8S. The molecule has 46 heavy (non-hydrogen) atoms. The molecule has 5 amide bonds. The van der Waals surface area contributed by atoms with E-state index in [2.05, 4.69) is 28.3 Å². The summed E-state index contributed by atoms with van der Waals surface area (Å²) in [6, 6.07) is 6.85. The highest BCUT2D eigenvalue weighted by Crippen LogP contribution is 2.27. The van der Waals surface area contributed by atoms with Crippen LogP contribution in [0, 0.1) is 11.8 Å².